The van der Waals surface area contributed by atoms with E-state index in [2.05, 4.69) is 11.8 Å². The van der Waals surface area contributed by atoms with Crippen LogP contribution in [0.4, 0.5) is 4.39 Å². The van der Waals surface area contributed by atoms with Crippen molar-refractivity contribution in [2.75, 3.05) is 13.2 Å². The summed E-state index contributed by atoms with van der Waals surface area (Å²) >= 11 is 0. The molecule has 2 heterocycles. The number of hydrogen-bond donors (Lipinski definition) is 2. The van der Waals surface area contributed by atoms with Crippen LogP contribution >= 0.6 is 0 Å². The summed E-state index contributed by atoms with van der Waals surface area (Å²) in [6.45, 7) is 4.15. The summed E-state index contributed by atoms with van der Waals surface area (Å²) < 4.78 is 19.5. The highest BCUT2D eigenvalue weighted by atomic mass is 19.1. The van der Waals surface area contributed by atoms with Crippen LogP contribution in [-0.2, 0) is 17.7 Å². The van der Waals surface area contributed by atoms with E-state index >= 15 is 0 Å². The molecule has 114 valence electrons. The van der Waals surface area contributed by atoms with E-state index in [-0.39, 0.29) is 11.4 Å². The number of amides is 1. The summed E-state index contributed by atoms with van der Waals surface area (Å²) in [7, 11) is 0. The number of ether oxygens (including phenoxy) is 1. The van der Waals surface area contributed by atoms with Crippen molar-refractivity contribution in [2.24, 2.45) is 0 Å². The molecule has 0 bridgehead atoms. The Labute approximate surface area is 122 Å². The Bertz CT molecular complexity index is 560. The predicted molar refractivity (Wildman–Crippen MR) is 73.6 cm³/mol. The molecule has 1 atom stereocenters. The van der Waals surface area contributed by atoms with Gasteiger partial charge in [-0.2, -0.15) is 0 Å². The molecule has 0 unspecified atom stereocenters. The average molecular weight is 294 g/mol. The highest BCUT2D eigenvalue weighted by molar-refractivity contribution is 5.93. The first-order valence-electron chi connectivity index (χ1n) is 7.23. The summed E-state index contributed by atoms with van der Waals surface area (Å²) in [5, 5.41) is 8.70. The fourth-order valence-electron chi connectivity index (χ4n) is 3.16. The monoisotopic (exact) mass is 294 g/mol. The van der Waals surface area contributed by atoms with Crippen molar-refractivity contribution in [1.82, 2.24) is 10.4 Å². The molecule has 3 rings (SSSR count). The van der Waals surface area contributed by atoms with Gasteiger partial charge in [-0.05, 0) is 36.1 Å². The molecule has 1 fully saturated rings. The molecule has 2 aliphatic rings. The Morgan fingerprint density at radius 3 is 2.86 bits per heavy atom. The van der Waals surface area contributed by atoms with Crippen LogP contribution in [0.2, 0.25) is 0 Å². The zero-order valence-electron chi connectivity index (χ0n) is 11.9. The molecule has 0 radical (unpaired) electrons. The molecule has 1 saturated heterocycles. The van der Waals surface area contributed by atoms with Gasteiger partial charge in [-0.3, -0.25) is 14.9 Å². The molecule has 0 saturated carbocycles. The Kier molecular flexibility index (Phi) is 3.93. The van der Waals surface area contributed by atoms with E-state index in [0.29, 0.717) is 43.8 Å². The molecule has 2 aliphatic heterocycles. The first-order valence-corrected chi connectivity index (χ1v) is 7.23. The van der Waals surface area contributed by atoms with Gasteiger partial charge < -0.3 is 4.74 Å². The molecule has 1 aromatic rings. The minimum absolute atomic E-state index is 0.147. The van der Waals surface area contributed by atoms with Crippen molar-refractivity contribution in [3.8, 4) is 0 Å². The number of benzene rings is 1. The standard InChI is InChI=1S/C15H19FN2O3/c1-2-11-5-13-10(6-18(11)12-7-21-8-12)3-9(4-14(13)16)15(19)17-20/h3-4,11-12,20H,2,5-8H2,1H3,(H,17,19)/t11-/m1/s1. The van der Waals surface area contributed by atoms with Crippen LogP contribution in [0, 0.1) is 5.82 Å². The predicted octanol–water partition coefficient (Wildman–Crippen LogP) is 1.48. The number of fused-ring (bicyclic) bond motifs is 1. The fourth-order valence-corrected chi connectivity index (χ4v) is 3.16. The molecule has 1 aromatic carbocycles. The van der Waals surface area contributed by atoms with Crippen LogP contribution < -0.4 is 5.48 Å². The number of carbonyl (C=O) groups excluding carboxylic acids is 1. The number of hydroxylamine groups is 1. The largest absolute Gasteiger partial charge is 0.378 e. The summed E-state index contributed by atoms with van der Waals surface area (Å²) in [4.78, 5) is 13.8. The average Bonchev–Trinajstić information content (AvgIpc) is 2.44. The highest BCUT2D eigenvalue weighted by Gasteiger charge is 2.35. The second kappa shape index (κ2) is 5.71. The van der Waals surface area contributed by atoms with Crippen LogP contribution in [0.3, 0.4) is 0 Å². The zero-order chi connectivity index (χ0) is 15.0. The van der Waals surface area contributed by atoms with Crippen LogP contribution in [0.5, 0.6) is 0 Å². The molecule has 5 nitrogen and oxygen atoms in total. The van der Waals surface area contributed by atoms with Gasteiger partial charge in [-0.25, -0.2) is 9.87 Å². The second-order valence-electron chi connectivity index (χ2n) is 5.67. The summed E-state index contributed by atoms with van der Waals surface area (Å²) in [5.41, 5.74) is 3.21. The first kappa shape index (κ1) is 14.4. The van der Waals surface area contributed by atoms with Crippen molar-refractivity contribution >= 4 is 5.91 Å². The lowest BCUT2D eigenvalue weighted by atomic mass is 9.89. The van der Waals surface area contributed by atoms with Gasteiger partial charge in [-0.1, -0.05) is 6.92 Å². The van der Waals surface area contributed by atoms with Crippen LogP contribution in [0.15, 0.2) is 12.1 Å². The van der Waals surface area contributed by atoms with E-state index < -0.39 is 5.91 Å². The lowest BCUT2D eigenvalue weighted by Crippen LogP contribution is -2.55. The normalized spacial score (nSPS) is 22.5. The minimum Gasteiger partial charge on any atom is -0.378 e. The van der Waals surface area contributed by atoms with Gasteiger partial charge in [0.05, 0.1) is 19.3 Å². The SMILES string of the molecule is CC[C@@H]1Cc2c(F)cc(C(=O)NO)cc2CN1C1COC1. The highest BCUT2D eigenvalue weighted by Crippen LogP contribution is 2.31. The number of carbonyl (C=O) groups is 1. The maximum atomic E-state index is 14.3. The lowest BCUT2D eigenvalue weighted by molar-refractivity contribution is -0.0864. The maximum Gasteiger partial charge on any atom is 0.274 e. The Hall–Kier alpha value is -1.50. The van der Waals surface area contributed by atoms with Gasteiger partial charge in [0.15, 0.2) is 0 Å². The number of halogens is 1. The third kappa shape index (κ3) is 2.54. The second-order valence-corrected chi connectivity index (χ2v) is 5.67. The summed E-state index contributed by atoms with van der Waals surface area (Å²) in [6.07, 6.45) is 1.60. The third-order valence-corrected chi connectivity index (χ3v) is 4.47. The molecule has 0 aliphatic carbocycles. The van der Waals surface area contributed by atoms with E-state index in [1.54, 1.807) is 11.5 Å². The van der Waals surface area contributed by atoms with Gasteiger partial charge in [0.2, 0.25) is 0 Å². The Morgan fingerprint density at radius 2 is 2.29 bits per heavy atom. The summed E-state index contributed by atoms with van der Waals surface area (Å²) in [5.74, 6) is -1.05. The molecule has 2 N–H and O–H groups in total. The van der Waals surface area contributed by atoms with E-state index in [4.69, 9.17) is 9.94 Å². The van der Waals surface area contributed by atoms with Crippen molar-refractivity contribution < 1.29 is 19.1 Å². The number of hydrogen-bond acceptors (Lipinski definition) is 4. The smallest absolute Gasteiger partial charge is 0.274 e. The Morgan fingerprint density at radius 1 is 1.52 bits per heavy atom. The fraction of sp³-hybridized carbons (Fsp3) is 0.533. The van der Waals surface area contributed by atoms with E-state index in [1.165, 1.54) is 6.07 Å². The van der Waals surface area contributed by atoms with Crippen molar-refractivity contribution in [1.29, 1.82) is 0 Å². The van der Waals surface area contributed by atoms with Crippen LogP contribution in [0.1, 0.15) is 34.8 Å². The van der Waals surface area contributed by atoms with E-state index in [9.17, 15) is 9.18 Å². The number of rotatable bonds is 3. The van der Waals surface area contributed by atoms with Gasteiger partial charge in [0, 0.05) is 18.2 Å². The van der Waals surface area contributed by atoms with Crippen LogP contribution in [0.25, 0.3) is 0 Å². The van der Waals surface area contributed by atoms with E-state index in [1.807, 2.05) is 0 Å². The van der Waals surface area contributed by atoms with E-state index in [0.717, 1.165) is 12.0 Å². The first-order chi connectivity index (χ1) is 10.1. The van der Waals surface area contributed by atoms with Crippen molar-refractivity contribution in [3.63, 3.8) is 0 Å². The molecular formula is C15H19FN2O3. The number of nitrogens with one attached hydrogen (secondary N) is 1. The maximum absolute atomic E-state index is 14.3. The molecule has 0 spiro atoms. The van der Waals surface area contributed by atoms with Crippen molar-refractivity contribution in [3.05, 3.63) is 34.6 Å². The third-order valence-electron chi connectivity index (χ3n) is 4.47. The Balaban J connectivity index is 1.94. The minimum atomic E-state index is -0.687. The van der Waals surface area contributed by atoms with Crippen LogP contribution in [-0.4, -0.2) is 41.3 Å². The molecule has 1 amide bonds. The van der Waals surface area contributed by atoms with Gasteiger partial charge in [-0.15, -0.1) is 0 Å². The quantitative estimate of drug-likeness (QED) is 0.655. The van der Waals surface area contributed by atoms with Crippen molar-refractivity contribution in [2.45, 2.75) is 38.4 Å². The zero-order valence-corrected chi connectivity index (χ0v) is 11.9. The van der Waals surface area contributed by atoms with Gasteiger partial charge in [0.25, 0.3) is 5.91 Å². The molecule has 0 aromatic heterocycles. The van der Waals surface area contributed by atoms with Gasteiger partial charge in [0.1, 0.15) is 5.82 Å². The topological polar surface area (TPSA) is 61.8 Å². The molecular weight excluding hydrogens is 275 g/mol. The number of nitrogens with zero attached hydrogens (tertiary/aromatic N) is 1. The lowest BCUT2D eigenvalue weighted by Gasteiger charge is -2.45. The summed E-state index contributed by atoms with van der Waals surface area (Å²) in [6, 6.07) is 3.54. The molecule has 21 heavy (non-hydrogen) atoms. The molecule has 6 heteroatoms. The van der Waals surface area contributed by atoms with Gasteiger partial charge >= 0.3 is 0 Å².